The van der Waals surface area contributed by atoms with Crippen molar-refractivity contribution in [1.82, 2.24) is 24.5 Å². The van der Waals surface area contributed by atoms with Gasteiger partial charge in [0.2, 0.25) is 5.95 Å². The molecule has 5 heterocycles. The minimum atomic E-state index is 0.0520. The van der Waals surface area contributed by atoms with Crippen molar-refractivity contribution in [2.75, 3.05) is 24.5 Å². The second kappa shape index (κ2) is 6.73. The van der Waals surface area contributed by atoms with E-state index >= 15 is 0 Å². The number of pyridine rings is 1. The van der Waals surface area contributed by atoms with E-state index in [4.69, 9.17) is 0 Å². The Morgan fingerprint density at radius 1 is 0.933 bits per heavy atom. The number of aromatic nitrogens is 4. The molecule has 0 bridgehead atoms. The minimum absolute atomic E-state index is 0.0520. The van der Waals surface area contributed by atoms with Crippen molar-refractivity contribution in [2.45, 2.75) is 6.04 Å². The first-order valence-electron chi connectivity index (χ1n) is 10.3. The molecule has 7 nitrogen and oxygen atoms in total. The normalized spacial score (nSPS) is 23.3. The number of hydrogen-bond donors (Lipinski definition) is 1. The molecule has 3 aromatic heterocycles. The second-order valence-electron chi connectivity index (χ2n) is 8.15. The van der Waals surface area contributed by atoms with Gasteiger partial charge in [-0.15, -0.1) is 10.2 Å². The van der Waals surface area contributed by atoms with Gasteiger partial charge in [-0.1, -0.05) is 36.4 Å². The average Bonchev–Trinajstić information content (AvgIpc) is 3.56. The standard InChI is InChI=1S/C23H22N6O/c30-22(19-9-6-11-24-19)29-14-17-13-27(23-26-25-20-10-4-5-12-28(20)23)15-18(17)21(29)16-7-2-1-3-8-16/h1-12,17-18,21,24H,13-15H2/t17-,18-,21+/m0/s1. The van der Waals surface area contributed by atoms with Gasteiger partial charge in [0.1, 0.15) is 5.69 Å². The van der Waals surface area contributed by atoms with Crippen LogP contribution < -0.4 is 4.90 Å². The number of nitrogens with zero attached hydrogens (tertiary/aromatic N) is 5. The molecule has 0 spiro atoms. The van der Waals surface area contributed by atoms with Crippen LogP contribution in [-0.4, -0.2) is 50.0 Å². The van der Waals surface area contributed by atoms with Crippen LogP contribution in [-0.2, 0) is 0 Å². The number of nitrogens with one attached hydrogen (secondary N) is 1. The lowest BCUT2D eigenvalue weighted by molar-refractivity contribution is 0.0710. The summed E-state index contributed by atoms with van der Waals surface area (Å²) >= 11 is 0. The zero-order valence-corrected chi connectivity index (χ0v) is 16.4. The maximum atomic E-state index is 13.3. The van der Waals surface area contributed by atoms with Gasteiger partial charge in [0.25, 0.3) is 5.91 Å². The van der Waals surface area contributed by atoms with Gasteiger partial charge in [-0.3, -0.25) is 9.20 Å². The fourth-order valence-corrected chi connectivity index (χ4v) is 5.16. The first kappa shape index (κ1) is 17.3. The van der Waals surface area contributed by atoms with Gasteiger partial charge in [-0.25, -0.2) is 0 Å². The highest BCUT2D eigenvalue weighted by Gasteiger charge is 2.50. The van der Waals surface area contributed by atoms with Crippen LogP contribution in [0, 0.1) is 11.8 Å². The smallest absolute Gasteiger partial charge is 0.270 e. The Morgan fingerprint density at radius 2 is 1.80 bits per heavy atom. The monoisotopic (exact) mass is 398 g/mol. The molecule has 3 atom stereocenters. The van der Waals surface area contributed by atoms with Crippen molar-refractivity contribution in [2.24, 2.45) is 11.8 Å². The predicted octanol–water partition coefficient (Wildman–Crippen LogP) is 3.01. The number of hydrogen-bond acceptors (Lipinski definition) is 4. The van der Waals surface area contributed by atoms with Crippen LogP contribution in [0.3, 0.4) is 0 Å². The number of H-pyrrole nitrogens is 1. The molecule has 1 amide bonds. The van der Waals surface area contributed by atoms with Crippen molar-refractivity contribution < 1.29 is 4.79 Å². The molecule has 150 valence electrons. The van der Waals surface area contributed by atoms with Crippen LogP contribution in [0.25, 0.3) is 5.65 Å². The summed E-state index contributed by atoms with van der Waals surface area (Å²) < 4.78 is 2.04. The fraction of sp³-hybridized carbons (Fsp3) is 0.261. The van der Waals surface area contributed by atoms with Crippen molar-refractivity contribution >= 4 is 17.5 Å². The van der Waals surface area contributed by atoms with Crippen molar-refractivity contribution in [3.05, 3.63) is 84.3 Å². The number of carbonyl (C=O) groups is 1. The number of benzene rings is 1. The number of amides is 1. The molecule has 4 aromatic rings. The second-order valence-corrected chi connectivity index (χ2v) is 8.15. The van der Waals surface area contributed by atoms with Gasteiger partial charge in [-0.05, 0) is 29.8 Å². The number of anilines is 1. The Morgan fingerprint density at radius 3 is 2.63 bits per heavy atom. The Kier molecular flexibility index (Phi) is 3.87. The first-order chi connectivity index (χ1) is 14.8. The molecule has 7 heteroatoms. The molecule has 2 fully saturated rings. The molecule has 0 aliphatic carbocycles. The van der Waals surface area contributed by atoms with E-state index in [0.717, 1.165) is 31.2 Å². The highest BCUT2D eigenvalue weighted by atomic mass is 16.2. The molecule has 6 rings (SSSR count). The van der Waals surface area contributed by atoms with Gasteiger partial charge < -0.3 is 14.8 Å². The molecule has 1 aromatic carbocycles. The van der Waals surface area contributed by atoms with Crippen LogP contribution in [0.5, 0.6) is 0 Å². The number of aromatic amines is 1. The van der Waals surface area contributed by atoms with E-state index in [1.807, 2.05) is 47.0 Å². The fourth-order valence-electron chi connectivity index (χ4n) is 5.16. The first-order valence-corrected chi connectivity index (χ1v) is 10.3. The zero-order valence-electron chi connectivity index (χ0n) is 16.4. The van der Waals surface area contributed by atoms with E-state index in [2.05, 4.69) is 49.2 Å². The summed E-state index contributed by atoms with van der Waals surface area (Å²) in [4.78, 5) is 20.7. The number of likely N-dealkylation sites (tertiary alicyclic amines) is 1. The van der Waals surface area contributed by atoms with E-state index < -0.39 is 0 Å². The highest BCUT2D eigenvalue weighted by molar-refractivity contribution is 5.93. The minimum Gasteiger partial charge on any atom is -0.357 e. The van der Waals surface area contributed by atoms with Gasteiger partial charge in [0.15, 0.2) is 5.65 Å². The third kappa shape index (κ3) is 2.62. The van der Waals surface area contributed by atoms with E-state index in [1.54, 1.807) is 6.20 Å². The Bertz CT molecular complexity index is 1180. The summed E-state index contributed by atoms with van der Waals surface area (Å²) in [6, 6.07) is 20.1. The van der Waals surface area contributed by atoms with Crippen LogP contribution in [0.4, 0.5) is 5.95 Å². The van der Waals surface area contributed by atoms with Crippen molar-refractivity contribution in [3.63, 3.8) is 0 Å². The molecular formula is C23H22N6O. The number of rotatable bonds is 3. The zero-order chi connectivity index (χ0) is 20.1. The summed E-state index contributed by atoms with van der Waals surface area (Å²) in [5.74, 6) is 1.70. The van der Waals surface area contributed by atoms with E-state index in [-0.39, 0.29) is 11.9 Å². The van der Waals surface area contributed by atoms with E-state index in [9.17, 15) is 4.79 Å². The molecule has 0 radical (unpaired) electrons. The Balaban J connectivity index is 1.34. The van der Waals surface area contributed by atoms with Gasteiger partial charge in [0.05, 0.1) is 6.04 Å². The van der Waals surface area contributed by atoms with Crippen molar-refractivity contribution in [3.8, 4) is 0 Å². The SMILES string of the molecule is O=C(c1ccc[nH]1)N1C[C@@H]2CN(c3nnc4ccccn34)C[C@@H]2[C@H]1c1ccccc1. The third-order valence-electron chi connectivity index (χ3n) is 6.47. The summed E-state index contributed by atoms with van der Waals surface area (Å²) in [5.41, 5.74) is 2.70. The summed E-state index contributed by atoms with van der Waals surface area (Å²) in [5, 5.41) is 8.76. The van der Waals surface area contributed by atoms with Crippen LogP contribution >= 0.6 is 0 Å². The number of carbonyl (C=O) groups excluding carboxylic acids is 1. The van der Waals surface area contributed by atoms with Crippen LogP contribution in [0.1, 0.15) is 22.1 Å². The molecule has 30 heavy (non-hydrogen) atoms. The molecule has 0 unspecified atom stereocenters. The summed E-state index contributed by atoms with van der Waals surface area (Å²) in [6.07, 6.45) is 3.81. The quantitative estimate of drug-likeness (QED) is 0.576. The van der Waals surface area contributed by atoms with Crippen LogP contribution in [0.2, 0.25) is 0 Å². The predicted molar refractivity (Wildman–Crippen MR) is 113 cm³/mol. The van der Waals surface area contributed by atoms with Crippen LogP contribution in [0.15, 0.2) is 73.1 Å². The third-order valence-corrected chi connectivity index (χ3v) is 6.47. The average molecular weight is 398 g/mol. The topological polar surface area (TPSA) is 69.5 Å². The molecule has 1 N–H and O–H groups in total. The van der Waals surface area contributed by atoms with E-state index in [0.29, 0.717) is 17.5 Å². The molecule has 2 aliphatic heterocycles. The lowest BCUT2D eigenvalue weighted by Crippen LogP contribution is -2.36. The Hall–Kier alpha value is -3.61. The summed E-state index contributed by atoms with van der Waals surface area (Å²) in [7, 11) is 0. The van der Waals surface area contributed by atoms with Crippen molar-refractivity contribution in [1.29, 1.82) is 0 Å². The Labute approximate surface area is 174 Å². The highest BCUT2D eigenvalue weighted by Crippen LogP contribution is 2.46. The maximum Gasteiger partial charge on any atom is 0.270 e. The molecule has 2 aliphatic rings. The summed E-state index contributed by atoms with van der Waals surface area (Å²) in [6.45, 7) is 2.47. The lowest BCUT2D eigenvalue weighted by Gasteiger charge is -2.29. The van der Waals surface area contributed by atoms with E-state index in [1.165, 1.54) is 5.56 Å². The molecule has 2 saturated heterocycles. The molecule has 0 saturated carbocycles. The maximum absolute atomic E-state index is 13.3. The lowest BCUT2D eigenvalue weighted by atomic mass is 9.89. The largest absolute Gasteiger partial charge is 0.357 e. The van der Waals surface area contributed by atoms with Gasteiger partial charge in [0, 0.05) is 43.9 Å². The number of fused-ring (bicyclic) bond motifs is 2. The molecular weight excluding hydrogens is 376 g/mol. The van der Waals surface area contributed by atoms with Gasteiger partial charge in [-0.2, -0.15) is 0 Å². The van der Waals surface area contributed by atoms with Gasteiger partial charge >= 0.3 is 0 Å².